The van der Waals surface area contributed by atoms with E-state index in [1.165, 1.54) is 22.9 Å². The van der Waals surface area contributed by atoms with Crippen molar-refractivity contribution in [3.05, 3.63) is 64.2 Å². The molecule has 9 nitrogen and oxygen atoms in total. The van der Waals surface area contributed by atoms with Gasteiger partial charge in [0.1, 0.15) is 5.69 Å². The van der Waals surface area contributed by atoms with Crippen molar-refractivity contribution >= 4 is 29.0 Å². The number of carbonyl (C=O) groups excluding carboxylic acids is 1. The lowest BCUT2D eigenvalue weighted by Crippen LogP contribution is -2.17. The van der Waals surface area contributed by atoms with E-state index in [4.69, 9.17) is 5.84 Å². The van der Waals surface area contributed by atoms with E-state index in [1.807, 2.05) is 31.2 Å². The number of nitro benzene ring substituents is 1. The zero-order valence-electron chi connectivity index (χ0n) is 14.3. The highest BCUT2D eigenvalue weighted by Gasteiger charge is 2.17. The first-order chi connectivity index (χ1) is 13.0. The number of aryl methyl sites for hydroxylation is 1. The number of nitrogens with one attached hydrogen (secondary N) is 1. The third kappa shape index (κ3) is 4.23. The number of para-hydroxylation sites is 2. The monoisotopic (exact) mass is 384 g/mol. The van der Waals surface area contributed by atoms with Crippen LogP contribution in [0.2, 0.25) is 0 Å². The van der Waals surface area contributed by atoms with Crippen molar-refractivity contribution in [3.63, 3.8) is 0 Å². The Morgan fingerprint density at radius 3 is 2.78 bits per heavy atom. The average molecular weight is 384 g/mol. The van der Waals surface area contributed by atoms with E-state index in [-0.39, 0.29) is 17.1 Å². The first-order valence-corrected chi connectivity index (χ1v) is 8.88. The standard InChI is InChI=1S/C17H16N6O3S/c1-11-5-4-6-12(9-11)16-20-21-17(22(16)18)27-10-15(24)19-13-7-2-3-8-14(13)23(25)26/h2-9H,10,18H2,1H3,(H,19,24). The number of hydrogen-bond donors (Lipinski definition) is 2. The predicted octanol–water partition coefficient (Wildman–Crippen LogP) is 2.61. The summed E-state index contributed by atoms with van der Waals surface area (Å²) in [4.78, 5) is 22.6. The van der Waals surface area contributed by atoms with Crippen LogP contribution in [0.25, 0.3) is 11.4 Å². The molecule has 27 heavy (non-hydrogen) atoms. The number of carbonyl (C=O) groups is 1. The first kappa shape index (κ1) is 18.4. The summed E-state index contributed by atoms with van der Waals surface area (Å²) < 4.78 is 1.32. The number of nitrogens with zero attached hydrogens (tertiary/aromatic N) is 4. The molecule has 3 N–H and O–H groups in total. The van der Waals surface area contributed by atoms with E-state index < -0.39 is 10.8 Å². The van der Waals surface area contributed by atoms with Crippen molar-refractivity contribution < 1.29 is 9.72 Å². The average Bonchev–Trinajstić information content (AvgIpc) is 3.01. The van der Waals surface area contributed by atoms with E-state index in [9.17, 15) is 14.9 Å². The van der Waals surface area contributed by atoms with Crippen LogP contribution in [-0.4, -0.2) is 31.5 Å². The Bertz CT molecular complexity index is 1000. The molecule has 0 saturated carbocycles. The van der Waals surface area contributed by atoms with Crippen LogP contribution in [0.3, 0.4) is 0 Å². The minimum Gasteiger partial charge on any atom is -0.335 e. The molecule has 0 aliphatic rings. The van der Waals surface area contributed by atoms with Crippen LogP contribution in [0.5, 0.6) is 0 Å². The van der Waals surface area contributed by atoms with E-state index in [0.717, 1.165) is 22.9 Å². The number of nitro groups is 1. The third-order valence-electron chi connectivity index (χ3n) is 3.65. The summed E-state index contributed by atoms with van der Waals surface area (Å²) in [6.07, 6.45) is 0. The molecule has 0 saturated heterocycles. The van der Waals surface area contributed by atoms with Crippen LogP contribution in [0, 0.1) is 17.0 Å². The van der Waals surface area contributed by atoms with E-state index in [2.05, 4.69) is 15.5 Å². The van der Waals surface area contributed by atoms with E-state index >= 15 is 0 Å². The quantitative estimate of drug-likeness (QED) is 0.289. The molecule has 138 valence electrons. The number of amides is 1. The van der Waals surface area contributed by atoms with Crippen molar-refractivity contribution in [1.82, 2.24) is 14.9 Å². The highest BCUT2D eigenvalue weighted by molar-refractivity contribution is 7.99. The van der Waals surface area contributed by atoms with E-state index in [0.29, 0.717) is 11.0 Å². The van der Waals surface area contributed by atoms with E-state index in [1.54, 1.807) is 6.07 Å². The normalized spacial score (nSPS) is 10.6. The molecule has 1 heterocycles. The molecule has 1 aromatic heterocycles. The minimum atomic E-state index is -0.548. The lowest BCUT2D eigenvalue weighted by atomic mass is 10.1. The molecule has 3 rings (SSSR count). The molecule has 0 fully saturated rings. The Kier molecular flexibility index (Phi) is 5.36. The van der Waals surface area contributed by atoms with Gasteiger partial charge in [-0.15, -0.1) is 10.2 Å². The summed E-state index contributed by atoms with van der Waals surface area (Å²) in [6.45, 7) is 1.96. The number of hydrogen-bond acceptors (Lipinski definition) is 7. The number of benzene rings is 2. The highest BCUT2D eigenvalue weighted by Crippen LogP contribution is 2.25. The number of thioether (sulfide) groups is 1. The maximum Gasteiger partial charge on any atom is 0.292 e. The molecule has 10 heteroatoms. The topological polar surface area (TPSA) is 129 Å². The van der Waals surface area contributed by atoms with Gasteiger partial charge in [0.15, 0.2) is 5.82 Å². The fourth-order valence-electron chi connectivity index (χ4n) is 2.41. The second-order valence-corrected chi connectivity index (χ2v) is 6.60. The largest absolute Gasteiger partial charge is 0.335 e. The Morgan fingerprint density at radius 1 is 1.26 bits per heavy atom. The summed E-state index contributed by atoms with van der Waals surface area (Å²) in [7, 11) is 0. The Balaban J connectivity index is 1.67. The molecule has 0 atom stereocenters. The van der Waals surface area contributed by atoms with Crippen LogP contribution < -0.4 is 11.2 Å². The molecular formula is C17H16N6O3S. The number of anilines is 1. The smallest absolute Gasteiger partial charge is 0.292 e. The van der Waals surface area contributed by atoms with Crippen molar-refractivity contribution in [1.29, 1.82) is 0 Å². The molecule has 1 amide bonds. The van der Waals surface area contributed by atoms with Crippen molar-refractivity contribution in [2.24, 2.45) is 0 Å². The second kappa shape index (κ2) is 7.87. The Labute approximate surface area is 158 Å². The molecule has 0 unspecified atom stereocenters. The van der Waals surface area contributed by atoms with Gasteiger partial charge in [-0.25, -0.2) is 4.68 Å². The molecule has 0 aliphatic carbocycles. The minimum absolute atomic E-state index is 0.0187. The van der Waals surface area contributed by atoms with Gasteiger partial charge in [-0.1, -0.05) is 47.7 Å². The van der Waals surface area contributed by atoms with Crippen LogP contribution >= 0.6 is 11.8 Å². The van der Waals surface area contributed by atoms with Crippen molar-refractivity contribution in [3.8, 4) is 11.4 Å². The van der Waals surface area contributed by atoms with Gasteiger partial charge in [-0.2, -0.15) is 0 Å². The van der Waals surface area contributed by atoms with Crippen molar-refractivity contribution in [2.45, 2.75) is 12.1 Å². The summed E-state index contributed by atoms with van der Waals surface area (Å²) in [5.74, 6) is 6.10. The summed E-state index contributed by atoms with van der Waals surface area (Å²) >= 11 is 1.09. The van der Waals surface area contributed by atoms with Crippen LogP contribution in [0.15, 0.2) is 53.7 Å². The molecular weight excluding hydrogens is 368 g/mol. The fraction of sp³-hybridized carbons (Fsp3) is 0.118. The predicted molar refractivity (Wildman–Crippen MR) is 103 cm³/mol. The Morgan fingerprint density at radius 2 is 2.04 bits per heavy atom. The molecule has 3 aromatic rings. The lowest BCUT2D eigenvalue weighted by molar-refractivity contribution is -0.383. The number of nitrogens with two attached hydrogens (primary N) is 1. The SMILES string of the molecule is Cc1cccc(-c2nnc(SCC(=O)Nc3ccccc3[N+](=O)[O-])n2N)c1. The fourth-order valence-corrected chi connectivity index (χ4v) is 3.07. The molecule has 0 radical (unpaired) electrons. The third-order valence-corrected chi connectivity index (χ3v) is 4.59. The maximum atomic E-state index is 12.1. The highest BCUT2D eigenvalue weighted by atomic mass is 32.2. The van der Waals surface area contributed by atoms with Gasteiger partial charge >= 0.3 is 0 Å². The summed E-state index contributed by atoms with van der Waals surface area (Å²) in [5, 5.41) is 22.0. The van der Waals surface area contributed by atoms with Gasteiger partial charge in [0.25, 0.3) is 5.69 Å². The molecule has 0 bridgehead atoms. The number of aromatic nitrogens is 3. The second-order valence-electron chi connectivity index (χ2n) is 5.66. The van der Waals surface area contributed by atoms with Gasteiger partial charge in [0.2, 0.25) is 11.1 Å². The van der Waals surface area contributed by atoms with Gasteiger partial charge < -0.3 is 11.2 Å². The molecule has 0 spiro atoms. The lowest BCUT2D eigenvalue weighted by Gasteiger charge is -2.06. The molecule has 2 aromatic carbocycles. The van der Waals surface area contributed by atoms with Gasteiger partial charge in [-0.05, 0) is 19.1 Å². The Hall–Kier alpha value is -3.40. The van der Waals surface area contributed by atoms with Crippen LogP contribution in [-0.2, 0) is 4.79 Å². The van der Waals surface area contributed by atoms with Gasteiger partial charge in [-0.3, -0.25) is 14.9 Å². The summed E-state index contributed by atoms with van der Waals surface area (Å²) in [5.41, 5.74) is 1.86. The number of rotatable bonds is 6. The van der Waals surface area contributed by atoms with Crippen molar-refractivity contribution in [2.75, 3.05) is 16.9 Å². The van der Waals surface area contributed by atoms with Crippen LogP contribution in [0.4, 0.5) is 11.4 Å². The zero-order valence-corrected chi connectivity index (χ0v) is 15.1. The first-order valence-electron chi connectivity index (χ1n) is 7.89. The molecule has 0 aliphatic heterocycles. The number of nitrogen functional groups attached to an aromatic ring is 1. The zero-order chi connectivity index (χ0) is 19.4. The summed E-state index contributed by atoms with van der Waals surface area (Å²) in [6, 6.07) is 13.6. The van der Waals surface area contributed by atoms with Crippen LogP contribution in [0.1, 0.15) is 5.56 Å². The van der Waals surface area contributed by atoms with Gasteiger partial charge in [0, 0.05) is 11.6 Å². The van der Waals surface area contributed by atoms with Gasteiger partial charge in [0.05, 0.1) is 10.7 Å². The maximum absolute atomic E-state index is 12.1.